The van der Waals surface area contributed by atoms with E-state index in [2.05, 4.69) is 6.07 Å². The summed E-state index contributed by atoms with van der Waals surface area (Å²) in [5.41, 5.74) is 2.39. The first-order chi connectivity index (χ1) is 18.6. The average Bonchev–Trinajstić information content (AvgIpc) is 3.20. The highest BCUT2D eigenvalue weighted by Crippen LogP contribution is 2.43. The molecule has 7 nitrogen and oxygen atoms in total. The van der Waals surface area contributed by atoms with E-state index < -0.39 is 17.7 Å². The van der Waals surface area contributed by atoms with Gasteiger partial charge in [0.1, 0.15) is 17.3 Å². The number of benzene rings is 3. The Kier molecular flexibility index (Phi) is 7.78. The van der Waals surface area contributed by atoms with Crippen LogP contribution in [-0.4, -0.2) is 30.5 Å². The normalized spacial score (nSPS) is 16.7. The number of carbonyl (C=O) groups is 2. The van der Waals surface area contributed by atoms with E-state index in [1.807, 2.05) is 33.8 Å². The molecule has 200 valence electrons. The van der Waals surface area contributed by atoms with Gasteiger partial charge in [0.25, 0.3) is 11.7 Å². The van der Waals surface area contributed by atoms with Crippen molar-refractivity contribution in [2.24, 2.45) is 0 Å². The van der Waals surface area contributed by atoms with Crippen LogP contribution in [0.25, 0.3) is 5.76 Å². The van der Waals surface area contributed by atoms with Gasteiger partial charge in [0.05, 0.1) is 37.0 Å². The minimum absolute atomic E-state index is 0.0259. The molecule has 0 aliphatic carbocycles. The van der Waals surface area contributed by atoms with Crippen LogP contribution in [0, 0.1) is 11.3 Å². The average molecular weight is 525 g/mol. The number of nitrogens with zero attached hydrogens (tertiary/aromatic N) is 2. The van der Waals surface area contributed by atoms with Crippen molar-refractivity contribution in [2.75, 3.05) is 18.6 Å². The molecule has 1 heterocycles. The van der Waals surface area contributed by atoms with E-state index in [9.17, 15) is 20.0 Å². The van der Waals surface area contributed by atoms with E-state index in [1.165, 1.54) is 4.90 Å². The summed E-state index contributed by atoms with van der Waals surface area (Å²) in [4.78, 5) is 28.4. The Hall–Kier alpha value is -4.57. The minimum Gasteiger partial charge on any atom is -0.507 e. The number of nitriles is 1. The number of anilines is 1. The molecule has 0 radical (unpaired) electrons. The molecule has 0 bridgehead atoms. The molecule has 1 N–H and O–H groups in total. The standard InChI is InChI=1S/C32H32N2O5/c1-6-16-39-24-9-7-8-21(17-24)28-27(29(35)22-12-15-26(38-5)25(18-22)32(2,3)4)30(36)31(37)34(28)23-13-10-20(19-33)11-14-23/h7-15,17-18,28,35H,6,16H2,1-5H3/b29-27+. The number of rotatable bonds is 7. The molecule has 39 heavy (non-hydrogen) atoms. The highest BCUT2D eigenvalue weighted by atomic mass is 16.5. The molecule has 7 heteroatoms. The van der Waals surface area contributed by atoms with E-state index in [0.29, 0.717) is 40.5 Å². The Morgan fingerprint density at radius 3 is 2.38 bits per heavy atom. The van der Waals surface area contributed by atoms with Crippen LogP contribution in [-0.2, 0) is 15.0 Å². The highest BCUT2D eigenvalue weighted by molar-refractivity contribution is 6.51. The lowest BCUT2D eigenvalue weighted by Gasteiger charge is -2.26. The zero-order valence-corrected chi connectivity index (χ0v) is 22.8. The maximum Gasteiger partial charge on any atom is 0.300 e. The molecule has 1 amide bonds. The maximum atomic E-state index is 13.6. The molecule has 0 spiro atoms. The van der Waals surface area contributed by atoms with Gasteiger partial charge in [0, 0.05) is 16.8 Å². The number of hydrogen-bond donors (Lipinski definition) is 1. The van der Waals surface area contributed by atoms with Crippen molar-refractivity contribution < 1.29 is 24.2 Å². The molecule has 0 saturated carbocycles. The lowest BCUT2D eigenvalue weighted by molar-refractivity contribution is -0.132. The first kappa shape index (κ1) is 27.5. The SMILES string of the molecule is CCCOc1cccc(C2/C(=C(\O)c3ccc(OC)c(C(C)(C)C)c3)C(=O)C(=O)N2c2ccc(C#N)cc2)c1. The summed E-state index contributed by atoms with van der Waals surface area (Å²) in [5, 5.41) is 20.8. The van der Waals surface area contributed by atoms with Crippen molar-refractivity contribution in [1.29, 1.82) is 5.26 Å². The third kappa shape index (κ3) is 5.37. The number of methoxy groups -OCH3 is 1. The van der Waals surface area contributed by atoms with E-state index in [0.717, 1.165) is 12.0 Å². The molecular weight excluding hydrogens is 492 g/mol. The molecule has 1 unspecified atom stereocenters. The van der Waals surface area contributed by atoms with Crippen molar-refractivity contribution in [3.63, 3.8) is 0 Å². The number of ether oxygens (including phenoxy) is 2. The second-order valence-corrected chi connectivity index (χ2v) is 10.4. The number of Topliss-reactive ketones (excluding diaryl/α,β-unsaturated/α-hetero) is 1. The predicted octanol–water partition coefficient (Wildman–Crippen LogP) is 6.28. The van der Waals surface area contributed by atoms with Crippen molar-refractivity contribution in [3.05, 3.63) is 94.6 Å². The summed E-state index contributed by atoms with van der Waals surface area (Å²) in [6.07, 6.45) is 0.821. The minimum atomic E-state index is -0.914. The predicted molar refractivity (Wildman–Crippen MR) is 150 cm³/mol. The van der Waals surface area contributed by atoms with Gasteiger partial charge >= 0.3 is 0 Å². The van der Waals surface area contributed by atoms with Gasteiger partial charge in [0.2, 0.25) is 0 Å². The number of ketones is 1. The molecule has 1 aliphatic heterocycles. The Bertz CT molecular complexity index is 1480. The summed E-state index contributed by atoms with van der Waals surface area (Å²) >= 11 is 0. The zero-order chi connectivity index (χ0) is 28.3. The van der Waals surface area contributed by atoms with Crippen molar-refractivity contribution in [1.82, 2.24) is 0 Å². The van der Waals surface area contributed by atoms with Gasteiger partial charge in [0.15, 0.2) is 0 Å². The summed E-state index contributed by atoms with van der Waals surface area (Å²) in [5.74, 6) is -0.582. The zero-order valence-electron chi connectivity index (χ0n) is 22.8. The maximum absolute atomic E-state index is 13.6. The topological polar surface area (TPSA) is 99.9 Å². The van der Waals surface area contributed by atoms with Gasteiger partial charge in [-0.2, -0.15) is 5.26 Å². The first-order valence-corrected chi connectivity index (χ1v) is 12.8. The number of hydrogen-bond acceptors (Lipinski definition) is 6. The van der Waals surface area contributed by atoms with Crippen molar-refractivity contribution in [2.45, 2.75) is 45.6 Å². The third-order valence-corrected chi connectivity index (χ3v) is 6.65. The van der Waals surface area contributed by atoms with E-state index in [1.54, 1.807) is 67.8 Å². The van der Waals surface area contributed by atoms with Crippen molar-refractivity contribution in [3.8, 4) is 17.6 Å². The molecule has 4 rings (SSSR count). The van der Waals surface area contributed by atoms with Crippen LogP contribution in [0.5, 0.6) is 11.5 Å². The highest BCUT2D eigenvalue weighted by Gasteiger charge is 2.47. The van der Waals surface area contributed by atoms with E-state index >= 15 is 0 Å². The van der Waals surface area contributed by atoms with Gasteiger partial charge in [-0.3, -0.25) is 14.5 Å². The van der Waals surface area contributed by atoms with Gasteiger partial charge in [-0.1, -0.05) is 39.8 Å². The largest absolute Gasteiger partial charge is 0.507 e. The lowest BCUT2D eigenvalue weighted by atomic mass is 9.84. The molecule has 3 aromatic rings. The molecule has 1 aliphatic rings. The molecular formula is C32H32N2O5. The molecule has 3 aromatic carbocycles. The van der Waals surface area contributed by atoms with Crippen LogP contribution in [0.3, 0.4) is 0 Å². The first-order valence-electron chi connectivity index (χ1n) is 12.8. The molecule has 0 aromatic heterocycles. The summed E-state index contributed by atoms with van der Waals surface area (Å²) < 4.78 is 11.4. The van der Waals surface area contributed by atoms with Gasteiger partial charge in [-0.15, -0.1) is 0 Å². The van der Waals surface area contributed by atoms with Gasteiger partial charge in [-0.25, -0.2) is 0 Å². The fourth-order valence-electron chi connectivity index (χ4n) is 4.70. The molecule has 1 saturated heterocycles. The van der Waals surface area contributed by atoms with Crippen LogP contribution in [0.15, 0.2) is 72.3 Å². The Morgan fingerprint density at radius 2 is 1.77 bits per heavy atom. The number of carbonyl (C=O) groups excluding carboxylic acids is 2. The van der Waals surface area contributed by atoms with E-state index in [4.69, 9.17) is 9.47 Å². The second-order valence-electron chi connectivity index (χ2n) is 10.4. The Balaban J connectivity index is 1.94. The number of amides is 1. The van der Waals surface area contributed by atoms with Crippen LogP contribution in [0.4, 0.5) is 5.69 Å². The quantitative estimate of drug-likeness (QED) is 0.222. The molecule has 1 atom stereocenters. The summed E-state index contributed by atoms with van der Waals surface area (Å²) in [6, 6.07) is 20.0. The van der Waals surface area contributed by atoms with Crippen LogP contribution in [0.2, 0.25) is 0 Å². The third-order valence-electron chi connectivity index (χ3n) is 6.65. The van der Waals surface area contributed by atoms with Crippen LogP contribution in [0.1, 0.15) is 62.4 Å². The Morgan fingerprint density at radius 1 is 1.05 bits per heavy atom. The van der Waals surface area contributed by atoms with Crippen LogP contribution >= 0.6 is 0 Å². The van der Waals surface area contributed by atoms with Crippen LogP contribution < -0.4 is 14.4 Å². The summed E-state index contributed by atoms with van der Waals surface area (Å²) in [7, 11) is 1.58. The summed E-state index contributed by atoms with van der Waals surface area (Å²) in [6.45, 7) is 8.60. The second kappa shape index (κ2) is 11.0. The fraction of sp³-hybridized carbons (Fsp3) is 0.281. The lowest BCUT2D eigenvalue weighted by Crippen LogP contribution is -2.29. The van der Waals surface area contributed by atoms with Gasteiger partial charge in [-0.05, 0) is 72.0 Å². The number of aliphatic hydroxyl groups excluding tert-OH is 1. The smallest absolute Gasteiger partial charge is 0.300 e. The number of aliphatic hydroxyl groups is 1. The van der Waals surface area contributed by atoms with E-state index in [-0.39, 0.29) is 16.7 Å². The van der Waals surface area contributed by atoms with Crippen molar-refractivity contribution >= 4 is 23.1 Å². The van der Waals surface area contributed by atoms with Gasteiger partial charge < -0.3 is 14.6 Å². The fourth-order valence-corrected chi connectivity index (χ4v) is 4.70. The monoisotopic (exact) mass is 524 g/mol. The molecule has 1 fully saturated rings. The Labute approximate surface area is 228 Å².